The Morgan fingerprint density at radius 1 is 1.36 bits per heavy atom. The number of anilines is 1. The summed E-state index contributed by atoms with van der Waals surface area (Å²) < 4.78 is 5.31. The number of rotatable bonds is 4. The number of aromatic nitrogens is 2. The maximum Gasteiger partial charge on any atom is 0.257 e. The highest BCUT2D eigenvalue weighted by molar-refractivity contribution is 6.02. The van der Waals surface area contributed by atoms with Crippen LogP contribution in [0.15, 0.2) is 24.4 Å². The third-order valence-corrected chi connectivity index (χ3v) is 4.49. The fourth-order valence-electron chi connectivity index (χ4n) is 3.14. The van der Waals surface area contributed by atoms with E-state index in [4.69, 9.17) is 4.74 Å². The topological polar surface area (TPSA) is 87.3 Å². The molecular weight excluding hydrogens is 320 g/mol. The lowest BCUT2D eigenvalue weighted by molar-refractivity contribution is -0.119. The first-order chi connectivity index (χ1) is 12.0. The van der Waals surface area contributed by atoms with Crippen LogP contribution in [0.3, 0.4) is 0 Å². The van der Waals surface area contributed by atoms with E-state index in [9.17, 15) is 9.59 Å². The summed E-state index contributed by atoms with van der Waals surface area (Å²) in [7, 11) is 1.56. The molecule has 132 valence electrons. The maximum atomic E-state index is 12.8. The zero-order valence-electron chi connectivity index (χ0n) is 14.6. The number of likely N-dealkylation sites (tertiary alicyclic amines) is 1. The first-order valence-electron chi connectivity index (χ1n) is 8.27. The Morgan fingerprint density at radius 3 is 2.84 bits per heavy atom. The van der Waals surface area contributed by atoms with Crippen molar-refractivity contribution >= 4 is 17.5 Å². The van der Waals surface area contributed by atoms with E-state index < -0.39 is 6.04 Å². The molecule has 2 aromatic rings. The molecule has 1 saturated heterocycles. The van der Waals surface area contributed by atoms with Crippen molar-refractivity contribution in [3.8, 4) is 5.75 Å². The lowest BCUT2D eigenvalue weighted by Gasteiger charge is -2.24. The van der Waals surface area contributed by atoms with E-state index in [1.54, 1.807) is 18.9 Å². The zero-order valence-corrected chi connectivity index (χ0v) is 14.6. The Balaban J connectivity index is 1.79. The van der Waals surface area contributed by atoms with Crippen LogP contribution in [0.1, 0.15) is 34.5 Å². The minimum absolute atomic E-state index is 0.167. The van der Waals surface area contributed by atoms with Crippen LogP contribution in [0, 0.1) is 13.8 Å². The Kier molecular flexibility index (Phi) is 4.74. The Hall–Kier alpha value is -2.83. The van der Waals surface area contributed by atoms with E-state index in [2.05, 4.69) is 15.5 Å². The fourth-order valence-corrected chi connectivity index (χ4v) is 3.14. The van der Waals surface area contributed by atoms with Crippen LogP contribution in [0.4, 0.5) is 5.69 Å². The molecule has 0 radical (unpaired) electrons. The largest absolute Gasteiger partial charge is 0.495 e. The summed E-state index contributed by atoms with van der Waals surface area (Å²) in [6.45, 7) is 4.30. The predicted molar refractivity (Wildman–Crippen MR) is 93.7 cm³/mol. The molecule has 2 heterocycles. The highest BCUT2D eigenvalue weighted by atomic mass is 16.5. The van der Waals surface area contributed by atoms with Gasteiger partial charge in [-0.05, 0) is 44.4 Å². The normalized spacial score (nSPS) is 16.8. The zero-order chi connectivity index (χ0) is 18.0. The van der Waals surface area contributed by atoms with E-state index in [0.717, 1.165) is 12.0 Å². The third-order valence-electron chi connectivity index (χ3n) is 4.49. The smallest absolute Gasteiger partial charge is 0.257 e. The standard InChI is InChI=1S/C18H22N4O3/c1-11-6-7-16(25-3)14(9-11)20-17(23)15-5-4-8-22(15)18(24)13-10-19-21-12(13)2/h6-7,9-10,15H,4-5,8H2,1-3H3,(H,19,21)(H,20,23). The number of hydrogen-bond donors (Lipinski definition) is 2. The van der Waals surface area contributed by atoms with Gasteiger partial charge < -0.3 is 15.0 Å². The van der Waals surface area contributed by atoms with E-state index in [1.807, 2.05) is 25.1 Å². The number of methoxy groups -OCH3 is 1. The average Bonchev–Trinajstić information content (AvgIpc) is 3.23. The van der Waals surface area contributed by atoms with Crippen LogP contribution in [0.2, 0.25) is 0 Å². The molecule has 0 saturated carbocycles. The molecule has 0 bridgehead atoms. The molecule has 25 heavy (non-hydrogen) atoms. The van der Waals surface area contributed by atoms with Gasteiger partial charge in [0.25, 0.3) is 5.91 Å². The van der Waals surface area contributed by atoms with Gasteiger partial charge in [-0.3, -0.25) is 14.7 Å². The number of aryl methyl sites for hydroxylation is 2. The van der Waals surface area contributed by atoms with Crippen LogP contribution >= 0.6 is 0 Å². The van der Waals surface area contributed by atoms with Crippen LogP contribution in [-0.4, -0.2) is 46.6 Å². The van der Waals surface area contributed by atoms with Crippen LogP contribution in [0.25, 0.3) is 0 Å². The number of aromatic amines is 1. The quantitative estimate of drug-likeness (QED) is 0.892. The predicted octanol–water partition coefficient (Wildman–Crippen LogP) is 2.28. The summed E-state index contributed by atoms with van der Waals surface area (Å²) in [5, 5.41) is 9.57. The number of nitrogens with one attached hydrogen (secondary N) is 2. The number of hydrogen-bond acceptors (Lipinski definition) is 4. The SMILES string of the molecule is COc1ccc(C)cc1NC(=O)C1CCCN1C(=O)c1cn[nH]c1C. The van der Waals surface area contributed by atoms with Crippen LogP contribution in [-0.2, 0) is 4.79 Å². The minimum atomic E-state index is -0.494. The summed E-state index contributed by atoms with van der Waals surface area (Å²) in [6, 6.07) is 5.10. The molecule has 1 aliphatic heterocycles. The Bertz CT molecular complexity index is 799. The van der Waals surface area contributed by atoms with Crippen molar-refractivity contribution in [2.45, 2.75) is 32.7 Å². The summed E-state index contributed by atoms with van der Waals surface area (Å²) in [4.78, 5) is 27.1. The molecule has 3 rings (SSSR count). The van der Waals surface area contributed by atoms with Gasteiger partial charge in [-0.25, -0.2) is 0 Å². The van der Waals surface area contributed by atoms with Crippen molar-refractivity contribution in [1.29, 1.82) is 0 Å². The number of amides is 2. The molecule has 1 atom stereocenters. The van der Waals surface area contributed by atoms with Gasteiger partial charge in [0.15, 0.2) is 0 Å². The third kappa shape index (κ3) is 3.35. The number of H-pyrrole nitrogens is 1. The van der Waals surface area contributed by atoms with Gasteiger partial charge in [0, 0.05) is 12.2 Å². The number of benzene rings is 1. The number of nitrogens with zero attached hydrogens (tertiary/aromatic N) is 2. The molecule has 2 N–H and O–H groups in total. The molecule has 0 aliphatic carbocycles. The van der Waals surface area contributed by atoms with E-state index in [-0.39, 0.29) is 11.8 Å². The molecule has 1 aromatic carbocycles. The summed E-state index contributed by atoms with van der Waals surface area (Å²) in [6.07, 6.45) is 2.95. The molecular formula is C18H22N4O3. The van der Waals surface area contributed by atoms with E-state index >= 15 is 0 Å². The highest BCUT2D eigenvalue weighted by Crippen LogP contribution is 2.27. The molecule has 1 aliphatic rings. The summed E-state index contributed by atoms with van der Waals surface area (Å²) in [5.74, 6) is 0.233. The van der Waals surface area contributed by atoms with Crippen LogP contribution < -0.4 is 10.1 Å². The van der Waals surface area contributed by atoms with Crippen molar-refractivity contribution in [2.24, 2.45) is 0 Å². The van der Waals surface area contributed by atoms with Crippen LogP contribution in [0.5, 0.6) is 5.75 Å². The van der Waals surface area contributed by atoms with E-state index in [1.165, 1.54) is 6.20 Å². The van der Waals surface area contributed by atoms with Gasteiger partial charge in [-0.15, -0.1) is 0 Å². The number of carbonyl (C=O) groups is 2. The van der Waals surface area contributed by atoms with Crippen molar-refractivity contribution in [1.82, 2.24) is 15.1 Å². The molecule has 1 aromatic heterocycles. The van der Waals surface area contributed by atoms with Gasteiger partial charge in [0.2, 0.25) is 5.91 Å². The summed E-state index contributed by atoms with van der Waals surface area (Å²) in [5.41, 5.74) is 2.85. The molecule has 2 amide bonds. The van der Waals surface area contributed by atoms with E-state index in [0.29, 0.717) is 35.7 Å². The highest BCUT2D eigenvalue weighted by Gasteiger charge is 2.35. The van der Waals surface area contributed by atoms with Gasteiger partial charge in [0.05, 0.1) is 24.6 Å². The minimum Gasteiger partial charge on any atom is -0.495 e. The van der Waals surface area contributed by atoms with Gasteiger partial charge in [0.1, 0.15) is 11.8 Å². The number of carbonyl (C=O) groups excluding carboxylic acids is 2. The lowest BCUT2D eigenvalue weighted by atomic mass is 10.1. The maximum absolute atomic E-state index is 12.8. The number of ether oxygens (including phenoxy) is 1. The molecule has 1 fully saturated rings. The summed E-state index contributed by atoms with van der Waals surface area (Å²) >= 11 is 0. The second kappa shape index (κ2) is 6.96. The molecule has 1 unspecified atom stereocenters. The fraction of sp³-hybridized carbons (Fsp3) is 0.389. The van der Waals surface area contributed by atoms with Gasteiger partial charge in [-0.2, -0.15) is 5.10 Å². The van der Waals surface area contributed by atoms with Crippen molar-refractivity contribution in [3.05, 3.63) is 41.2 Å². The second-order valence-electron chi connectivity index (χ2n) is 6.26. The molecule has 7 heteroatoms. The lowest BCUT2D eigenvalue weighted by Crippen LogP contribution is -2.43. The van der Waals surface area contributed by atoms with Crippen molar-refractivity contribution < 1.29 is 14.3 Å². The molecule has 0 spiro atoms. The molecule has 7 nitrogen and oxygen atoms in total. The first kappa shape index (κ1) is 17.0. The van der Waals surface area contributed by atoms with Crippen molar-refractivity contribution in [3.63, 3.8) is 0 Å². The van der Waals surface area contributed by atoms with Crippen molar-refractivity contribution in [2.75, 3.05) is 19.0 Å². The Labute approximate surface area is 146 Å². The second-order valence-corrected chi connectivity index (χ2v) is 6.26. The Morgan fingerprint density at radius 2 is 2.16 bits per heavy atom. The van der Waals surface area contributed by atoms with Gasteiger partial charge in [-0.1, -0.05) is 6.07 Å². The van der Waals surface area contributed by atoms with Gasteiger partial charge >= 0.3 is 0 Å². The average molecular weight is 342 g/mol. The first-order valence-corrected chi connectivity index (χ1v) is 8.27. The monoisotopic (exact) mass is 342 g/mol.